The first-order valence-electron chi connectivity index (χ1n) is 10.3. The summed E-state index contributed by atoms with van der Waals surface area (Å²) in [6, 6.07) is 14.0. The molecule has 2 rings (SSSR count). The van der Waals surface area contributed by atoms with Crippen molar-refractivity contribution < 1.29 is 19.1 Å². The second-order valence-corrected chi connectivity index (χ2v) is 6.77. The van der Waals surface area contributed by atoms with E-state index in [1.54, 1.807) is 62.8 Å². The lowest BCUT2D eigenvalue weighted by Crippen LogP contribution is -2.39. The van der Waals surface area contributed by atoms with Gasteiger partial charge in [0.1, 0.15) is 17.2 Å². The summed E-state index contributed by atoms with van der Waals surface area (Å²) in [5.41, 5.74) is 1.24. The Morgan fingerprint density at radius 1 is 1.00 bits per heavy atom. The molecule has 0 fully saturated rings. The van der Waals surface area contributed by atoms with Crippen molar-refractivity contribution in [1.82, 2.24) is 15.5 Å². The summed E-state index contributed by atoms with van der Waals surface area (Å²) in [5, 5.41) is 5.63. The van der Waals surface area contributed by atoms with E-state index in [1.165, 1.54) is 0 Å². The number of amides is 2. The van der Waals surface area contributed by atoms with Crippen LogP contribution < -0.4 is 20.1 Å². The van der Waals surface area contributed by atoms with Gasteiger partial charge in [-0.05, 0) is 43.4 Å². The molecule has 2 aromatic carbocycles. The molecule has 2 N–H and O–H groups in total. The maximum absolute atomic E-state index is 12.9. The summed E-state index contributed by atoms with van der Waals surface area (Å²) in [4.78, 5) is 27.8. The third-order valence-electron chi connectivity index (χ3n) is 4.88. The van der Waals surface area contributed by atoms with Gasteiger partial charge in [-0.2, -0.15) is 0 Å². The molecule has 0 radical (unpaired) electrons. The third kappa shape index (κ3) is 7.15. The van der Waals surface area contributed by atoms with Crippen molar-refractivity contribution in [3.8, 4) is 11.5 Å². The van der Waals surface area contributed by atoms with Crippen LogP contribution in [0.15, 0.2) is 54.2 Å². The summed E-state index contributed by atoms with van der Waals surface area (Å²) in [7, 11) is 3.11. The monoisotopic (exact) mass is 425 g/mol. The topological polar surface area (TPSA) is 79.9 Å². The van der Waals surface area contributed by atoms with E-state index < -0.39 is 0 Å². The van der Waals surface area contributed by atoms with Gasteiger partial charge in [0.15, 0.2) is 0 Å². The highest BCUT2D eigenvalue weighted by molar-refractivity contribution is 6.05. The zero-order valence-corrected chi connectivity index (χ0v) is 18.6. The van der Waals surface area contributed by atoms with Gasteiger partial charge in [0, 0.05) is 30.3 Å². The van der Waals surface area contributed by atoms with Crippen molar-refractivity contribution in [3.63, 3.8) is 0 Å². The molecule has 0 saturated carbocycles. The first kappa shape index (κ1) is 24.0. The number of hydrogen-bond donors (Lipinski definition) is 2. The standard InChI is InChI=1S/C24H31N3O4/c1-5-27(6-2)15-14-25-24(29)21(26-23(28)18-10-8-7-9-11-18)16-19-12-13-20(30-3)17-22(19)31-4/h7-13,16-17H,5-6,14-15H2,1-4H3,(H,25,29)(H,26,28). The largest absolute Gasteiger partial charge is 0.497 e. The van der Waals surface area contributed by atoms with E-state index in [9.17, 15) is 9.59 Å². The number of hydrogen-bond acceptors (Lipinski definition) is 5. The zero-order valence-electron chi connectivity index (χ0n) is 18.6. The molecule has 7 nitrogen and oxygen atoms in total. The van der Waals surface area contributed by atoms with E-state index >= 15 is 0 Å². The fourth-order valence-electron chi connectivity index (χ4n) is 3.00. The van der Waals surface area contributed by atoms with Gasteiger partial charge in [0.05, 0.1) is 14.2 Å². The maximum Gasteiger partial charge on any atom is 0.267 e. The van der Waals surface area contributed by atoms with Crippen molar-refractivity contribution in [2.75, 3.05) is 40.4 Å². The number of nitrogens with one attached hydrogen (secondary N) is 2. The minimum Gasteiger partial charge on any atom is -0.497 e. The van der Waals surface area contributed by atoms with Crippen LogP contribution in [0.1, 0.15) is 29.8 Å². The van der Waals surface area contributed by atoms with E-state index in [1.807, 2.05) is 6.07 Å². The molecule has 0 bridgehead atoms. The fourth-order valence-corrected chi connectivity index (χ4v) is 3.00. The van der Waals surface area contributed by atoms with Crippen LogP contribution in [0.3, 0.4) is 0 Å². The van der Waals surface area contributed by atoms with E-state index in [-0.39, 0.29) is 17.5 Å². The van der Waals surface area contributed by atoms with Crippen LogP contribution in [-0.2, 0) is 4.79 Å². The molecule has 0 unspecified atom stereocenters. The van der Waals surface area contributed by atoms with Crippen LogP contribution in [0.2, 0.25) is 0 Å². The molecule has 0 spiro atoms. The summed E-state index contributed by atoms with van der Waals surface area (Å²) in [6.45, 7) is 7.16. The summed E-state index contributed by atoms with van der Waals surface area (Å²) >= 11 is 0. The molecule has 31 heavy (non-hydrogen) atoms. The molecule has 0 aliphatic heterocycles. The number of methoxy groups -OCH3 is 2. The van der Waals surface area contributed by atoms with Crippen LogP contribution in [0.5, 0.6) is 11.5 Å². The molecule has 0 aromatic heterocycles. The minimum absolute atomic E-state index is 0.136. The number of carbonyl (C=O) groups excluding carboxylic acids is 2. The van der Waals surface area contributed by atoms with Gasteiger partial charge < -0.3 is 25.0 Å². The minimum atomic E-state index is -0.366. The molecule has 2 aromatic rings. The molecular formula is C24H31N3O4. The van der Waals surface area contributed by atoms with E-state index in [2.05, 4.69) is 29.4 Å². The van der Waals surface area contributed by atoms with Gasteiger partial charge >= 0.3 is 0 Å². The average Bonchev–Trinajstić information content (AvgIpc) is 2.81. The summed E-state index contributed by atoms with van der Waals surface area (Å²) < 4.78 is 10.7. The second-order valence-electron chi connectivity index (χ2n) is 6.77. The number of ether oxygens (including phenoxy) is 2. The lowest BCUT2D eigenvalue weighted by molar-refractivity contribution is -0.117. The number of likely N-dealkylation sites (N-methyl/N-ethyl adjacent to an activating group) is 1. The summed E-state index contributed by atoms with van der Waals surface area (Å²) in [5.74, 6) is 0.432. The average molecular weight is 426 g/mol. The van der Waals surface area contributed by atoms with Gasteiger partial charge in [-0.25, -0.2) is 0 Å². The number of carbonyl (C=O) groups is 2. The molecule has 0 heterocycles. The van der Waals surface area contributed by atoms with E-state index in [0.29, 0.717) is 29.2 Å². The third-order valence-corrected chi connectivity index (χ3v) is 4.88. The first-order chi connectivity index (χ1) is 15.0. The Morgan fingerprint density at radius 3 is 2.32 bits per heavy atom. The Bertz CT molecular complexity index is 893. The van der Waals surface area contributed by atoms with Gasteiger partial charge in [-0.3, -0.25) is 9.59 Å². The van der Waals surface area contributed by atoms with Crippen molar-refractivity contribution >= 4 is 17.9 Å². The normalized spacial score (nSPS) is 11.2. The van der Waals surface area contributed by atoms with Gasteiger partial charge in [0.2, 0.25) is 0 Å². The van der Waals surface area contributed by atoms with Crippen LogP contribution in [0, 0.1) is 0 Å². The zero-order chi connectivity index (χ0) is 22.6. The van der Waals surface area contributed by atoms with Crippen LogP contribution in [0.25, 0.3) is 6.08 Å². The number of benzene rings is 2. The van der Waals surface area contributed by atoms with Crippen molar-refractivity contribution in [2.45, 2.75) is 13.8 Å². The Labute approximate surface area is 184 Å². The Morgan fingerprint density at radius 2 is 1.71 bits per heavy atom. The highest BCUT2D eigenvalue weighted by Gasteiger charge is 2.16. The maximum atomic E-state index is 12.9. The second kappa shape index (κ2) is 12.4. The SMILES string of the molecule is CCN(CC)CCNC(=O)C(=Cc1ccc(OC)cc1OC)NC(=O)c1ccccc1. The summed E-state index contributed by atoms with van der Waals surface area (Å²) in [6.07, 6.45) is 1.60. The van der Waals surface area contributed by atoms with Crippen molar-refractivity contribution in [2.24, 2.45) is 0 Å². The molecule has 0 aliphatic carbocycles. The van der Waals surface area contributed by atoms with Gasteiger partial charge in [-0.15, -0.1) is 0 Å². The van der Waals surface area contributed by atoms with Crippen LogP contribution in [0.4, 0.5) is 0 Å². The Hall–Kier alpha value is -3.32. The van der Waals surface area contributed by atoms with Gasteiger partial charge in [0.25, 0.3) is 11.8 Å². The molecule has 0 aliphatic rings. The first-order valence-corrected chi connectivity index (χ1v) is 10.3. The fraction of sp³-hybridized carbons (Fsp3) is 0.333. The molecule has 2 amide bonds. The molecule has 0 atom stereocenters. The Balaban J connectivity index is 2.28. The Kier molecular flexibility index (Phi) is 9.58. The molecule has 166 valence electrons. The highest BCUT2D eigenvalue weighted by Crippen LogP contribution is 2.26. The molecule has 7 heteroatoms. The van der Waals surface area contributed by atoms with E-state index in [4.69, 9.17) is 9.47 Å². The van der Waals surface area contributed by atoms with Crippen LogP contribution in [-0.4, -0.2) is 57.1 Å². The quantitative estimate of drug-likeness (QED) is 0.541. The highest BCUT2D eigenvalue weighted by atomic mass is 16.5. The predicted octanol–water partition coefficient (Wildman–Crippen LogP) is 2.93. The predicted molar refractivity (Wildman–Crippen MR) is 122 cm³/mol. The lowest BCUT2D eigenvalue weighted by Gasteiger charge is -2.18. The van der Waals surface area contributed by atoms with Crippen molar-refractivity contribution in [3.05, 3.63) is 65.4 Å². The smallest absolute Gasteiger partial charge is 0.267 e. The van der Waals surface area contributed by atoms with Crippen LogP contribution >= 0.6 is 0 Å². The lowest BCUT2D eigenvalue weighted by atomic mass is 10.1. The van der Waals surface area contributed by atoms with Crippen molar-refractivity contribution in [1.29, 1.82) is 0 Å². The number of rotatable bonds is 11. The number of nitrogens with zero attached hydrogens (tertiary/aromatic N) is 1. The van der Waals surface area contributed by atoms with E-state index in [0.717, 1.165) is 19.6 Å². The molecular weight excluding hydrogens is 394 g/mol. The van der Waals surface area contributed by atoms with Gasteiger partial charge in [-0.1, -0.05) is 32.0 Å². The molecule has 0 saturated heterocycles.